The lowest BCUT2D eigenvalue weighted by atomic mass is 10.1. The van der Waals surface area contributed by atoms with Gasteiger partial charge in [-0.2, -0.15) is 0 Å². The van der Waals surface area contributed by atoms with Gasteiger partial charge in [-0.15, -0.1) is 0 Å². The average molecular weight is 113 g/mol. The van der Waals surface area contributed by atoms with E-state index in [0.29, 0.717) is 5.41 Å². The van der Waals surface area contributed by atoms with E-state index in [2.05, 4.69) is 19.2 Å². The first-order chi connectivity index (χ1) is 3.67. The van der Waals surface area contributed by atoms with Gasteiger partial charge in [0.2, 0.25) is 0 Å². The van der Waals surface area contributed by atoms with E-state index in [1.165, 1.54) is 13.0 Å². The Morgan fingerprint density at radius 3 is 2.25 bits per heavy atom. The van der Waals surface area contributed by atoms with Gasteiger partial charge in [0, 0.05) is 0 Å². The third-order valence-electron chi connectivity index (χ3n) is 2.17. The highest BCUT2D eigenvalue weighted by Crippen LogP contribution is 2.50. The SMILES string of the molecule is CNC[C@@H]1CC1(C)C. The normalized spacial score (nSPS) is 32.6. The van der Waals surface area contributed by atoms with E-state index in [-0.39, 0.29) is 0 Å². The predicted molar refractivity (Wildman–Crippen MR) is 35.8 cm³/mol. The van der Waals surface area contributed by atoms with Gasteiger partial charge in [0.25, 0.3) is 0 Å². The molecule has 1 fully saturated rings. The molecule has 1 aliphatic rings. The Kier molecular flexibility index (Phi) is 1.31. The standard InChI is InChI=1S/C7H15N/c1-7(2)4-6(7)5-8-3/h6,8H,4-5H2,1-3H3/t6-/m0/s1. The van der Waals surface area contributed by atoms with Gasteiger partial charge < -0.3 is 5.32 Å². The minimum atomic E-state index is 0.656. The minimum absolute atomic E-state index is 0.656. The number of nitrogens with one attached hydrogen (secondary N) is 1. The van der Waals surface area contributed by atoms with Crippen LogP contribution >= 0.6 is 0 Å². The van der Waals surface area contributed by atoms with Crippen molar-refractivity contribution in [2.24, 2.45) is 11.3 Å². The van der Waals surface area contributed by atoms with Crippen LogP contribution in [0.3, 0.4) is 0 Å². The van der Waals surface area contributed by atoms with Crippen molar-refractivity contribution in [3.8, 4) is 0 Å². The molecule has 1 rings (SSSR count). The summed E-state index contributed by atoms with van der Waals surface area (Å²) in [5.74, 6) is 0.951. The summed E-state index contributed by atoms with van der Waals surface area (Å²) < 4.78 is 0. The Morgan fingerprint density at radius 1 is 1.62 bits per heavy atom. The van der Waals surface area contributed by atoms with Crippen molar-refractivity contribution in [3.05, 3.63) is 0 Å². The van der Waals surface area contributed by atoms with Crippen LogP contribution < -0.4 is 5.32 Å². The maximum Gasteiger partial charge on any atom is -0.00182 e. The van der Waals surface area contributed by atoms with Crippen LogP contribution in [-0.2, 0) is 0 Å². The van der Waals surface area contributed by atoms with E-state index in [0.717, 1.165) is 5.92 Å². The monoisotopic (exact) mass is 113 g/mol. The van der Waals surface area contributed by atoms with E-state index >= 15 is 0 Å². The molecule has 0 aromatic carbocycles. The van der Waals surface area contributed by atoms with Gasteiger partial charge in [-0.1, -0.05) is 13.8 Å². The van der Waals surface area contributed by atoms with Gasteiger partial charge in [0.15, 0.2) is 0 Å². The molecule has 0 saturated heterocycles. The van der Waals surface area contributed by atoms with Crippen LogP contribution in [0.5, 0.6) is 0 Å². The van der Waals surface area contributed by atoms with Crippen molar-refractivity contribution < 1.29 is 0 Å². The molecular weight excluding hydrogens is 98.1 g/mol. The van der Waals surface area contributed by atoms with Crippen LogP contribution in [0.15, 0.2) is 0 Å². The number of rotatable bonds is 2. The van der Waals surface area contributed by atoms with Crippen LogP contribution in [0.25, 0.3) is 0 Å². The summed E-state index contributed by atoms with van der Waals surface area (Å²) in [6, 6.07) is 0. The average Bonchev–Trinajstić information content (AvgIpc) is 2.15. The molecule has 0 aromatic heterocycles. The van der Waals surface area contributed by atoms with Crippen LogP contribution in [0.2, 0.25) is 0 Å². The van der Waals surface area contributed by atoms with E-state index in [1.54, 1.807) is 0 Å². The zero-order valence-electron chi connectivity index (χ0n) is 5.99. The van der Waals surface area contributed by atoms with Crippen LogP contribution in [0.4, 0.5) is 0 Å². The van der Waals surface area contributed by atoms with Crippen molar-refractivity contribution in [2.75, 3.05) is 13.6 Å². The van der Waals surface area contributed by atoms with Gasteiger partial charge in [0.1, 0.15) is 0 Å². The molecule has 1 nitrogen and oxygen atoms in total. The molecule has 8 heavy (non-hydrogen) atoms. The predicted octanol–water partition coefficient (Wildman–Crippen LogP) is 1.25. The molecular formula is C7H15N. The summed E-state index contributed by atoms with van der Waals surface area (Å²) in [6.07, 6.45) is 1.41. The quantitative estimate of drug-likeness (QED) is 0.568. The zero-order chi connectivity index (χ0) is 6.20. The summed E-state index contributed by atoms with van der Waals surface area (Å²) in [7, 11) is 2.02. The Morgan fingerprint density at radius 2 is 2.12 bits per heavy atom. The molecule has 0 heterocycles. The van der Waals surface area contributed by atoms with Crippen LogP contribution in [0.1, 0.15) is 20.3 Å². The third kappa shape index (κ3) is 1.03. The second-order valence-electron chi connectivity index (χ2n) is 3.45. The van der Waals surface area contributed by atoms with Crippen molar-refractivity contribution in [2.45, 2.75) is 20.3 Å². The van der Waals surface area contributed by atoms with Gasteiger partial charge in [-0.25, -0.2) is 0 Å². The van der Waals surface area contributed by atoms with E-state index < -0.39 is 0 Å². The van der Waals surface area contributed by atoms with Crippen LogP contribution in [-0.4, -0.2) is 13.6 Å². The molecule has 0 bridgehead atoms. The van der Waals surface area contributed by atoms with Gasteiger partial charge in [0.05, 0.1) is 0 Å². The molecule has 0 spiro atoms. The van der Waals surface area contributed by atoms with Gasteiger partial charge >= 0.3 is 0 Å². The highest BCUT2D eigenvalue weighted by atomic mass is 14.8. The summed E-state index contributed by atoms with van der Waals surface area (Å²) in [5.41, 5.74) is 0.656. The van der Waals surface area contributed by atoms with E-state index in [1.807, 2.05) is 7.05 Å². The first-order valence-electron chi connectivity index (χ1n) is 3.31. The fourth-order valence-electron chi connectivity index (χ4n) is 1.17. The molecule has 1 N–H and O–H groups in total. The molecule has 1 aliphatic carbocycles. The second-order valence-corrected chi connectivity index (χ2v) is 3.45. The van der Waals surface area contributed by atoms with Crippen LogP contribution in [0, 0.1) is 11.3 Å². The lowest BCUT2D eigenvalue weighted by Gasteiger charge is -1.99. The number of hydrogen-bond donors (Lipinski definition) is 1. The van der Waals surface area contributed by atoms with E-state index in [9.17, 15) is 0 Å². The Hall–Kier alpha value is -0.0400. The third-order valence-corrected chi connectivity index (χ3v) is 2.17. The van der Waals surface area contributed by atoms with E-state index in [4.69, 9.17) is 0 Å². The molecule has 0 aromatic rings. The second kappa shape index (κ2) is 1.73. The fraction of sp³-hybridized carbons (Fsp3) is 1.00. The Balaban J connectivity index is 2.17. The maximum atomic E-state index is 3.19. The van der Waals surface area contributed by atoms with Gasteiger partial charge in [-0.3, -0.25) is 0 Å². The molecule has 1 saturated carbocycles. The van der Waals surface area contributed by atoms with Crippen molar-refractivity contribution in [1.82, 2.24) is 5.32 Å². The molecule has 48 valence electrons. The Bertz CT molecular complexity index is 86.4. The molecule has 0 amide bonds. The van der Waals surface area contributed by atoms with Gasteiger partial charge in [-0.05, 0) is 31.3 Å². The lowest BCUT2D eigenvalue weighted by Crippen LogP contribution is -2.12. The first-order valence-corrected chi connectivity index (χ1v) is 3.31. The molecule has 1 heteroatoms. The zero-order valence-corrected chi connectivity index (χ0v) is 5.99. The van der Waals surface area contributed by atoms with Crippen molar-refractivity contribution in [3.63, 3.8) is 0 Å². The van der Waals surface area contributed by atoms with Crippen molar-refractivity contribution in [1.29, 1.82) is 0 Å². The maximum absolute atomic E-state index is 3.19. The molecule has 0 unspecified atom stereocenters. The largest absolute Gasteiger partial charge is 0.319 e. The Labute approximate surface area is 51.5 Å². The lowest BCUT2D eigenvalue weighted by molar-refractivity contribution is 0.539. The first kappa shape index (κ1) is 6.09. The summed E-state index contributed by atoms with van der Waals surface area (Å²) >= 11 is 0. The summed E-state index contributed by atoms with van der Waals surface area (Å²) in [6.45, 7) is 5.86. The fourth-order valence-corrected chi connectivity index (χ4v) is 1.17. The topological polar surface area (TPSA) is 12.0 Å². The highest BCUT2D eigenvalue weighted by Gasteiger charge is 2.44. The number of hydrogen-bond acceptors (Lipinski definition) is 1. The molecule has 0 radical (unpaired) electrons. The smallest absolute Gasteiger partial charge is 0.00182 e. The molecule has 1 atom stereocenters. The molecule has 0 aliphatic heterocycles. The minimum Gasteiger partial charge on any atom is -0.319 e. The highest BCUT2D eigenvalue weighted by molar-refractivity contribution is 4.95. The summed E-state index contributed by atoms with van der Waals surface area (Å²) in [5, 5.41) is 3.19. The van der Waals surface area contributed by atoms with Crippen molar-refractivity contribution >= 4 is 0 Å². The summed E-state index contributed by atoms with van der Waals surface area (Å²) in [4.78, 5) is 0.